The quantitative estimate of drug-likeness (QED) is 0.844. The Balaban J connectivity index is 2.44. The smallest absolute Gasteiger partial charge is 0.392 e. The van der Waals surface area contributed by atoms with Crippen LogP contribution in [0.3, 0.4) is 0 Å². The van der Waals surface area contributed by atoms with Crippen molar-refractivity contribution in [1.82, 2.24) is 0 Å². The molecule has 0 amide bonds. The summed E-state index contributed by atoms with van der Waals surface area (Å²) in [6, 6.07) is 6.34. The molecule has 1 aromatic rings. The average Bonchev–Trinajstić information content (AvgIpc) is 2.16. The normalized spacial score (nSPS) is 11.5. The van der Waals surface area contributed by atoms with Crippen LogP contribution in [0.15, 0.2) is 24.3 Å². The highest BCUT2D eigenvalue weighted by Crippen LogP contribution is 2.20. The Hall–Kier alpha value is -1.23. The van der Waals surface area contributed by atoms with Crippen LogP contribution in [0.1, 0.15) is 12.0 Å². The van der Waals surface area contributed by atoms with Gasteiger partial charge in [0.2, 0.25) is 0 Å². The van der Waals surface area contributed by atoms with Crippen molar-refractivity contribution in [1.29, 1.82) is 0 Å². The van der Waals surface area contributed by atoms with E-state index < -0.39 is 19.2 Å². The third-order valence-electron chi connectivity index (χ3n) is 1.74. The number of aliphatic hydroxyl groups excluding tert-OH is 1. The van der Waals surface area contributed by atoms with E-state index in [1.165, 1.54) is 6.07 Å². The number of hydrogen-bond acceptors (Lipinski definition) is 2. The molecule has 0 aliphatic heterocycles. The van der Waals surface area contributed by atoms with Crippen molar-refractivity contribution in [3.05, 3.63) is 29.8 Å². The van der Waals surface area contributed by atoms with Crippen LogP contribution in [0.25, 0.3) is 0 Å². The Bertz CT molecular complexity index is 310. The lowest BCUT2D eigenvalue weighted by Crippen LogP contribution is -2.13. The zero-order valence-corrected chi connectivity index (χ0v) is 7.92. The molecule has 0 fully saturated rings. The number of hydrogen-bond donors (Lipinski definition) is 1. The minimum atomic E-state index is -4.20. The Morgan fingerprint density at radius 2 is 2.00 bits per heavy atom. The second-order valence-corrected chi connectivity index (χ2v) is 3.02. The van der Waals surface area contributed by atoms with Gasteiger partial charge in [0.25, 0.3) is 0 Å². The molecular formula is C10H11F3O2. The molecule has 1 aromatic carbocycles. The molecule has 2 nitrogen and oxygen atoms in total. The maximum Gasteiger partial charge on any atom is 0.392 e. The number of benzene rings is 1. The van der Waals surface area contributed by atoms with Gasteiger partial charge < -0.3 is 9.84 Å². The van der Waals surface area contributed by atoms with Crippen molar-refractivity contribution >= 4 is 0 Å². The predicted molar refractivity (Wildman–Crippen MR) is 48.5 cm³/mol. The molecule has 0 spiro atoms. The number of alkyl halides is 3. The summed E-state index contributed by atoms with van der Waals surface area (Å²) in [5, 5.41) is 8.78. The van der Waals surface area contributed by atoms with Crippen LogP contribution < -0.4 is 4.74 Å². The fourth-order valence-electron chi connectivity index (χ4n) is 1.02. The van der Waals surface area contributed by atoms with E-state index in [0.29, 0.717) is 11.3 Å². The number of rotatable bonds is 4. The van der Waals surface area contributed by atoms with Gasteiger partial charge in [-0.3, -0.25) is 0 Å². The first-order chi connectivity index (χ1) is 7.01. The van der Waals surface area contributed by atoms with Gasteiger partial charge in [0.05, 0.1) is 19.6 Å². The monoisotopic (exact) mass is 220 g/mol. The van der Waals surface area contributed by atoms with Gasteiger partial charge in [0, 0.05) is 0 Å². The van der Waals surface area contributed by atoms with Crippen LogP contribution in [0.4, 0.5) is 13.2 Å². The van der Waals surface area contributed by atoms with E-state index >= 15 is 0 Å². The lowest BCUT2D eigenvalue weighted by atomic mass is 10.2. The summed E-state index contributed by atoms with van der Waals surface area (Å²) in [5.74, 6) is 0.339. The zero-order chi connectivity index (χ0) is 11.3. The van der Waals surface area contributed by atoms with Crippen molar-refractivity contribution in [2.45, 2.75) is 19.2 Å². The van der Waals surface area contributed by atoms with Gasteiger partial charge >= 0.3 is 6.18 Å². The highest BCUT2D eigenvalue weighted by molar-refractivity contribution is 5.27. The second kappa shape index (κ2) is 5.02. The first-order valence-corrected chi connectivity index (χ1v) is 4.40. The maximum absolute atomic E-state index is 11.8. The molecule has 0 saturated carbocycles. The molecule has 15 heavy (non-hydrogen) atoms. The molecular weight excluding hydrogens is 209 g/mol. The lowest BCUT2D eigenvalue weighted by Gasteiger charge is -2.09. The fourth-order valence-corrected chi connectivity index (χ4v) is 1.02. The Morgan fingerprint density at radius 3 is 2.60 bits per heavy atom. The molecule has 0 radical (unpaired) electrons. The molecule has 0 aromatic heterocycles. The van der Waals surface area contributed by atoms with Gasteiger partial charge in [-0.1, -0.05) is 12.1 Å². The second-order valence-electron chi connectivity index (χ2n) is 3.02. The maximum atomic E-state index is 11.8. The van der Waals surface area contributed by atoms with E-state index in [1.807, 2.05) is 0 Å². The zero-order valence-electron chi connectivity index (χ0n) is 7.92. The number of ether oxygens (including phenoxy) is 1. The van der Waals surface area contributed by atoms with Crippen LogP contribution in [0, 0.1) is 0 Å². The molecule has 0 aliphatic rings. The van der Waals surface area contributed by atoms with Crippen molar-refractivity contribution in [2.75, 3.05) is 6.61 Å². The first-order valence-electron chi connectivity index (χ1n) is 4.40. The average molecular weight is 220 g/mol. The van der Waals surface area contributed by atoms with Crippen molar-refractivity contribution < 1.29 is 23.0 Å². The third-order valence-corrected chi connectivity index (χ3v) is 1.74. The Morgan fingerprint density at radius 1 is 1.27 bits per heavy atom. The standard InChI is InChI=1S/C10H11F3O2/c11-10(12,13)4-5-15-9-3-1-2-8(6-9)7-14/h1-3,6,14H,4-5,7H2. The van der Waals surface area contributed by atoms with Crippen LogP contribution >= 0.6 is 0 Å². The molecule has 0 saturated heterocycles. The van der Waals surface area contributed by atoms with E-state index in [2.05, 4.69) is 0 Å². The lowest BCUT2D eigenvalue weighted by molar-refractivity contribution is -0.139. The fraction of sp³-hybridized carbons (Fsp3) is 0.400. The van der Waals surface area contributed by atoms with Crippen molar-refractivity contribution in [2.24, 2.45) is 0 Å². The topological polar surface area (TPSA) is 29.5 Å². The highest BCUT2D eigenvalue weighted by atomic mass is 19.4. The van der Waals surface area contributed by atoms with E-state index in [-0.39, 0.29) is 6.61 Å². The van der Waals surface area contributed by atoms with Crippen LogP contribution in [-0.4, -0.2) is 17.9 Å². The summed E-state index contributed by atoms with van der Waals surface area (Å²) in [5.41, 5.74) is 0.611. The molecule has 0 bridgehead atoms. The summed E-state index contributed by atoms with van der Waals surface area (Å²) in [7, 11) is 0. The van der Waals surface area contributed by atoms with Crippen molar-refractivity contribution in [3.8, 4) is 5.75 Å². The summed E-state index contributed by atoms with van der Waals surface area (Å²) < 4.78 is 40.2. The van der Waals surface area contributed by atoms with E-state index in [0.717, 1.165) is 0 Å². The summed E-state index contributed by atoms with van der Waals surface area (Å²) in [4.78, 5) is 0. The summed E-state index contributed by atoms with van der Waals surface area (Å²) in [6.45, 7) is -0.561. The van der Waals surface area contributed by atoms with Gasteiger partial charge in [0.15, 0.2) is 0 Å². The summed E-state index contributed by atoms with van der Waals surface area (Å²) in [6.07, 6.45) is -5.18. The SMILES string of the molecule is OCc1cccc(OCCC(F)(F)F)c1. The molecule has 0 unspecified atom stereocenters. The van der Waals surface area contributed by atoms with Gasteiger partial charge in [-0.05, 0) is 17.7 Å². The van der Waals surface area contributed by atoms with Crippen LogP contribution in [0.5, 0.6) is 5.75 Å². The Kier molecular flexibility index (Phi) is 3.96. The van der Waals surface area contributed by atoms with Crippen LogP contribution in [0.2, 0.25) is 0 Å². The molecule has 84 valence electrons. The first kappa shape index (κ1) is 11.8. The van der Waals surface area contributed by atoms with Crippen LogP contribution in [-0.2, 0) is 6.61 Å². The van der Waals surface area contributed by atoms with Gasteiger partial charge in [-0.15, -0.1) is 0 Å². The van der Waals surface area contributed by atoms with Gasteiger partial charge in [-0.2, -0.15) is 13.2 Å². The Labute approximate surface area is 85.3 Å². The van der Waals surface area contributed by atoms with Gasteiger partial charge in [-0.25, -0.2) is 0 Å². The predicted octanol–water partition coefficient (Wildman–Crippen LogP) is 2.51. The minimum Gasteiger partial charge on any atom is -0.493 e. The van der Waals surface area contributed by atoms with Crippen molar-refractivity contribution in [3.63, 3.8) is 0 Å². The number of aliphatic hydroxyl groups is 1. The molecule has 5 heteroatoms. The van der Waals surface area contributed by atoms with E-state index in [9.17, 15) is 13.2 Å². The van der Waals surface area contributed by atoms with E-state index in [4.69, 9.17) is 9.84 Å². The highest BCUT2D eigenvalue weighted by Gasteiger charge is 2.26. The molecule has 1 rings (SSSR count). The molecule has 0 heterocycles. The molecule has 0 aliphatic carbocycles. The molecule has 0 atom stereocenters. The largest absolute Gasteiger partial charge is 0.493 e. The third kappa shape index (κ3) is 4.69. The molecule has 1 N–H and O–H groups in total. The van der Waals surface area contributed by atoms with E-state index in [1.54, 1.807) is 18.2 Å². The summed E-state index contributed by atoms with van der Waals surface area (Å²) >= 11 is 0. The minimum absolute atomic E-state index is 0.156. The van der Waals surface area contributed by atoms with Gasteiger partial charge in [0.1, 0.15) is 5.75 Å². The number of halogens is 3.